The summed E-state index contributed by atoms with van der Waals surface area (Å²) in [5.41, 5.74) is 13.4. The highest BCUT2D eigenvalue weighted by Crippen LogP contribution is 2.55. The molecule has 0 N–H and O–H groups in total. The average molecular weight is 769 g/mol. The third kappa shape index (κ3) is 5.18. The second kappa shape index (κ2) is 13.2. The van der Waals surface area contributed by atoms with Gasteiger partial charge in [0.1, 0.15) is 0 Å². The van der Waals surface area contributed by atoms with E-state index < -0.39 is 0 Å². The molecule has 1 atom stereocenters. The molecule has 9 aromatic carbocycles. The van der Waals surface area contributed by atoms with E-state index in [1.807, 2.05) is 17.4 Å². The lowest BCUT2D eigenvalue weighted by molar-refractivity contribution is 0.714. The van der Waals surface area contributed by atoms with Gasteiger partial charge in [0.25, 0.3) is 0 Å². The summed E-state index contributed by atoms with van der Waals surface area (Å²) in [5.74, 6) is 0.711. The Morgan fingerprint density at radius 2 is 1.05 bits per heavy atom. The second-order valence-corrected chi connectivity index (χ2v) is 16.9. The molecular formula is C56H36N2S. The molecule has 3 heteroatoms. The Morgan fingerprint density at radius 3 is 1.95 bits per heavy atom. The zero-order chi connectivity index (χ0) is 39.1. The first kappa shape index (κ1) is 33.9. The van der Waals surface area contributed by atoms with Gasteiger partial charge in [0.05, 0.1) is 11.4 Å². The molecule has 0 bridgehead atoms. The number of nitrogens with zero attached hydrogens (tertiary/aromatic N) is 2. The minimum absolute atomic E-state index is 0.305. The van der Waals surface area contributed by atoms with Crippen molar-refractivity contribution >= 4 is 53.1 Å². The van der Waals surface area contributed by atoms with Gasteiger partial charge in [0.15, 0.2) is 5.82 Å². The Morgan fingerprint density at radius 1 is 0.407 bits per heavy atom. The van der Waals surface area contributed by atoms with Crippen LogP contribution in [0.15, 0.2) is 200 Å². The van der Waals surface area contributed by atoms with Gasteiger partial charge in [-0.05, 0) is 91.7 Å². The molecule has 0 fully saturated rings. The molecule has 0 radical (unpaired) electrons. The minimum Gasteiger partial charge on any atom is -0.228 e. The van der Waals surface area contributed by atoms with Gasteiger partial charge in [0.2, 0.25) is 0 Å². The number of rotatable bonds is 5. The quantitative estimate of drug-likeness (QED) is 0.163. The van der Waals surface area contributed by atoms with E-state index >= 15 is 0 Å². The van der Waals surface area contributed by atoms with Crippen molar-refractivity contribution in [3.63, 3.8) is 0 Å². The van der Waals surface area contributed by atoms with Crippen LogP contribution in [0.2, 0.25) is 0 Å². The third-order valence-electron chi connectivity index (χ3n) is 12.6. The molecule has 2 nitrogen and oxygen atoms in total. The molecule has 2 heterocycles. The molecule has 1 unspecified atom stereocenters. The van der Waals surface area contributed by atoms with E-state index in [-0.39, 0.29) is 5.41 Å². The largest absolute Gasteiger partial charge is 0.228 e. The molecule has 1 aliphatic carbocycles. The number of benzene rings is 9. The number of hydrogen-bond donors (Lipinski definition) is 0. The van der Waals surface area contributed by atoms with Crippen LogP contribution in [-0.4, -0.2) is 9.97 Å². The topological polar surface area (TPSA) is 25.8 Å². The van der Waals surface area contributed by atoms with Crippen molar-refractivity contribution in [2.24, 2.45) is 0 Å². The normalized spacial score (nSPS) is 14.6. The number of hydrogen-bond acceptors (Lipinski definition) is 3. The van der Waals surface area contributed by atoms with Crippen LogP contribution >= 0.6 is 11.3 Å². The molecular weight excluding hydrogens is 733 g/mol. The van der Waals surface area contributed by atoms with E-state index in [1.54, 1.807) is 0 Å². The molecule has 0 amide bonds. The lowest BCUT2D eigenvalue weighted by atomic mass is 9.74. The fraction of sp³-hybridized carbons (Fsp3) is 0.0357. The maximum Gasteiger partial charge on any atom is 0.160 e. The van der Waals surface area contributed by atoms with Crippen LogP contribution in [0, 0.1) is 0 Å². The lowest BCUT2D eigenvalue weighted by Gasteiger charge is -2.28. The minimum atomic E-state index is -0.305. The standard InChI is InChI=1S/C56H36N2S/c1-56(39-20-6-3-7-21-39)46-26-11-10-23-44(46)52-45(25-13-27-47(52)56)49-34-48(57-55(58-49)36-16-4-2-5-17-36)38-19-12-18-37(33-38)41-24-14-28-50-53(41)54-43-30-29-35-15-8-9-22-40(35)42(43)31-32-51(54)59-50/h2-34H,1H3. The summed E-state index contributed by atoms with van der Waals surface area (Å²) in [6, 6.07) is 72.7. The van der Waals surface area contributed by atoms with Crippen LogP contribution in [0.4, 0.5) is 0 Å². The van der Waals surface area contributed by atoms with Crippen molar-refractivity contribution < 1.29 is 0 Å². The Bertz CT molecular complexity index is 3460. The summed E-state index contributed by atoms with van der Waals surface area (Å²) in [4.78, 5) is 10.7. The van der Waals surface area contributed by atoms with E-state index in [9.17, 15) is 0 Å². The number of thiophene rings is 1. The molecule has 12 rings (SSSR count). The summed E-state index contributed by atoms with van der Waals surface area (Å²) in [5, 5.41) is 7.77. The van der Waals surface area contributed by atoms with E-state index in [2.05, 4.69) is 201 Å². The number of aromatic nitrogens is 2. The van der Waals surface area contributed by atoms with Crippen molar-refractivity contribution in [2.75, 3.05) is 0 Å². The van der Waals surface area contributed by atoms with Crippen molar-refractivity contribution in [3.05, 3.63) is 217 Å². The van der Waals surface area contributed by atoms with Gasteiger partial charge in [-0.3, -0.25) is 0 Å². The van der Waals surface area contributed by atoms with Crippen molar-refractivity contribution in [1.82, 2.24) is 9.97 Å². The molecule has 11 aromatic rings. The van der Waals surface area contributed by atoms with Gasteiger partial charge in [-0.1, -0.05) is 176 Å². The Hall–Kier alpha value is -7.20. The van der Waals surface area contributed by atoms with E-state index in [0.717, 1.165) is 28.1 Å². The molecule has 0 spiro atoms. The van der Waals surface area contributed by atoms with Gasteiger partial charge in [0, 0.05) is 42.3 Å². The van der Waals surface area contributed by atoms with Crippen molar-refractivity contribution in [2.45, 2.75) is 12.3 Å². The SMILES string of the molecule is CC1(c2ccccc2)c2ccccc2-c2c(-c3cc(-c4cccc(-c5cccc6sc7ccc8c9ccccc9ccc8c7c56)c4)nc(-c4ccccc4)n3)cccc21. The average Bonchev–Trinajstić information content (AvgIpc) is 3.83. The second-order valence-electron chi connectivity index (χ2n) is 15.8. The van der Waals surface area contributed by atoms with E-state index in [0.29, 0.717) is 5.82 Å². The van der Waals surface area contributed by atoms with Gasteiger partial charge >= 0.3 is 0 Å². The Kier molecular flexibility index (Phi) is 7.57. The maximum atomic E-state index is 5.36. The van der Waals surface area contributed by atoms with Gasteiger partial charge in [-0.15, -0.1) is 11.3 Å². The molecule has 276 valence electrons. The number of fused-ring (bicyclic) bond motifs is 10. The molecule has 2 aromatic heterocycles. The highest BCUT2D eigenvalue weighted by atomic mass is 32.1. The molecule has 0 saturated heterocycles. The first-order valence-electron chi connectivity index (χ1n) is 20.2. The van der Waals surface area contributed by atoms with Gasteiger partial charge < -0.3 is 0 Å². The first-order chi connectivity index (χ1) is 29.1. The summed E-state index contributed by atoms with van der Waals surface area (Å²) in [6.45, 7) is 2.37. The van der Waals surface area contributed by atoms with Crippen molar-refractivity contribution in [3.8, 4) is 56.2 Å². The van der Waals surface area contributed by atoms with Crippen LogP contribution in [0.25, 0.3) is 97.9 Å². The zero-order valence-electron chi connectivity index (χ0n) is 32.4. The van der Waals surface area contributed by atoms with E-state index in [1.165, 1.54) is 80.7 Å². The van der Waals surface area contributed by atoms with Gasteiger partial charge in [-0.2, -0.15) is 0 Å². The van der Waals surface area contributed by atoms with Gasteiger partial charge in [-0.25, -0.2) is 9.97 Å². The first-order valence-corrected chi connectivity index (χ1v) is 21.1. The lowest BCUT2D eigenvalue weighted by Crippen LogP contribution is -2.22. The maximum absolute atomic E-state index is 5.36. The molecule has 59 heavy (non-hydrogen) atoms. The van der Waals surface area contributed by atoms with Crippen LogP contribution in [0.5, 0.6) is 0 Å². The fourth-order valence-corrected chi connectivity index (χ4v) is 10.9. The highest BCUT2D eigenvalue weighted by molar-refractivity contribution is 7.26. The Labute approximate surface area is 346 Å². The van der Waals surface area contributed by atoms with Crippen LogP contribution < -0.4 is 0 Å². The van der Waals surface area contributed by atoms with Crippen LogP contribution in [-0.2, 0) is 5.41 Å². The fourth-order valence-electron chi connectivity index (χ4n) is 9.78. The predicted molar refractivity (Wildman–Crippen MR) is 249 cm³/mol. The smallest absolute Gasteiger partial charge is 0.160 e. The summed E-state index contributed by atoms with van der Waals surface area (Å²) >= 11 is 1.87. The summed E-state index contributed by atoms with van der Waals surface area (Å²) in [7, 11) is 0. The monoisotopic (exact) mass is 768 g/mol. The zero-order valence-corrected chi connectivity index (χ0v) is 33.2. The predicted octanol–water partition coefficient (Wildman–Crippen LogP) is 15.2. The van der Waals surface area contributed by atoms with E-state index in [4.69, 9.17) is 9.97 Å². The highest BCUT2D eigenvalue weighted by Gasteiger charge is 2.41. The van der Waals surface area contributed by atoms with Crippen molar-refractivity contribution in [1.29, 1.82) is 0 Å². The summed E-state index contributed by atoms with van der Waals surface area (Å²) in [6.07, 6.45) is 0. The third-order valence-corrected chi connectivity index (χ3v) is 13.7. The van der Waals surface area contributed by atoms with Crippen LogP contribution in [0.1, 0.15) is 23.6 Å². The Balaban J connectivity index is 1.06. The molecule has 0 aliphatic heterocycles. The molecule has 1 aliphatic rings. The molecule has 0 saturated carbocycles. The summed E-state index contributed by atoms with van der Waals surface area (Å²) < 4.78 is 2.60. The van der Waals surface area contributed by atoms with Crippen LogP contribution in [0.3, 0.4) is 0 Å².